The van der Waals surface area contributed by atoms with E-state index in [9.17, 15) is 9.18 Å². The Balaban J connectivity index is 2.35. The highest BCUT2D eigenvalue weighted by Gasteiger charge is 2.23. The molecule has 1 aromatic heterocycles. The third-order valence-corrected chi connectivity index (χ3v) is 4.27. The Bertz CT molecular complexity index is 622. The molecule has 0 saturated carbocycles. The number of nitrogens with zero attached hydrogens (tertiary/aromatic N) is 2. The molecule has 2 unspecified atom stereocenters. The number of hydrogen-bond acceptors (Lipinski definition) is 4. The molecule has 19 heavy (non-hydrogen) atoms. The van der Waals surface area contributed by atoms with Gasteiger partial charge in [0.1, 0.15) is 5.82 Å². The summed E-state index contributed by atoms with van der Waals surface area (Å²) >= 11 is 1.27. The van der Waals surface area contributed by atoms with Crippen molar-refractivity contribution in [2.24, 2.45) is 12.8 Å². The fourth-order valence-corrected chi connectivity index (χ4v) is 2.81. The molecule has 7 heteroatoms. The van der Waals surface area contributed by atoms with Crippen molar-refractivity contribution in [3.05, 3.63) is 46.1 Å². The van der Waals surface area contributed by atoms with Crippen LogP contribution < -0.4 is 11.4 Å². The number of thioether (sulfide) groups is 1. The van der Waals surface area contributed by atoms with Crippen LogP contribution in [0.2, 0.25) is 0 Å². The monoisotopic (exact) mass is 282 g/mol. The number of halogens is 1. The molecular weight excluding hydrogens is 267 g/mol. The largest absolute Gasteiger partial charge is 0.343 e. The molecular formula is C12H15FN4OS. The second-order valence-electron chi connectivity index (χ2n) is 4.29. The average Bonchev–Trinajstić information content (AvgIpc) is 2.68. The van der Waals surface area contributed by atoms with Gasteiger partial charge in [-0.05, 0) is 13.0 Å². The summed E-state index contributed by atoms with van der Waals surface area (Å²) in [4.78, 5) is 11.3. The van der Waals surface area contributed by atoms with Crippen molar-refractivity contribution < 1.29 is 4.39 Å². The number of H-pyrrole nitrogens is 1. The first kappa shape index (κ1) is 13.8. The summed E-state index contributed by atoms with van der Waals surface area (Å²) in [6.07, 6.45) is 0. The fraction of sp³-hybridized carbons (Fsp3) is 0.333. The minimum Gasteiger partial charge on any atom is -0.327 e. The molecule has 1 heterocycles. The number of benzene rings is 1. The minimum absolute atomic E-state index is 0.284. The van der Waals surface area contributed by atoms with Crippen LogP contribution in [-0.2, 0) is 7.05 Å². The summed E-state index contributed by atoms with van der Waals surface area (Å²) in [5, 5.41) is 6.42. The van der Waals surface area contributed by atoms with Crippen molar-refractivity contribution in [3.8, 4) is 0 Å². The van der Waals surface area contributed by atoms with Gasteiger partial charge in [0.25, 0.3) is 0 Å². The zero-order valence-electron chi connectivity index (χ0n) is 10.6. The Hall–Kier alpha value is -1.60. The third kappa shape index (κ3) is 2.87. The maximum absolute atomic E-state index is 13.8. The minimum atomic E-state index is -0.310. The van der Waals surface area contributed by atoms with E-state index in [1.54, 1.807) is 32.2 Å². The summed E-state index contributed by atoms with van der Waals surface area (Å²) < 4.78 is 15.2. The Morgan fingerprint density at radius 2 is 2.16 bits per heavy atom. The first-order valence-corrected chi connectivity index (χ1v) is 6.66. The van der Waals surface area contributed by atoms with Gasteiger partial charge in [-0.3, -0.25) is 4.57 Å². The molecule has 0 aliphatic rings. The zero-order chi connectivity index (χ0) is 14.0. The number of hydrogen-bond donors (Lipinski definition) is 2. The Kier molecular flexibility index (Phi) is 4.06. The smallest absolute Gasteiger partial charge is 0.327 e. The van der Waals surface area contributed by atoms with Crippen molar-refractivity contribution >= 4 is 11.8 Å². The van der Waals surface area contributed by atoms with Gasteiger partial charge >= 0.3 is 5.69 Å². The lowest BCUT2D eigenvalue weighted by Gasteiger charge is -2.20. The second kappa shape index (κ2) is 5.58. The van der Waals surface area contributed by atoms with E-state index in [2.05, 4.69) is 10.2 Å². The van der Waals surface area contributed by atoms with Crippen LogP contribution in [0.1, 0.15) is 17.7 Å². The molecule has 0 radical (unpaired) electrons. The van der Waals surface area contributed by atoms with Gasteiger partial charge in [0.05, 0.1) is 5.25 Å². The molecule has 2 aromatic rings. The number of nitrogens with one attached hydrogen (secondary N) is 1. The molecule has 3 N–H and O–H groups in total. The molecule has 5 nitrogen and oxygen atoms in total. The van der Waals surface area contributed by atoms with Crippen molar-refractivity contribution in [2.75, 3.05) is 0 Å². The molecule has 2 rings (SSSR count). The number of aromatic nitrogens is 3. The Morgan fingerprint density at radius 1 is 1.47 bits per heavy atom. The van der Waals surface area contributed by atoms with Gasteiger partial charge in [0.15, 0.2) is 5.16 Å². The standard InChI is InChI=1S/C12H15FN4OS/c1-7(14)10(8-5-3-4-6-9(8)13)19-12-16-15-11(18)17(12)2/h3-7,10H,14H2,1-2H3,(H,15,18). The SMILES string of the molecule is CC(N)C(Sc1n[nH]c(=O)n1C)c1ccccc1F. The van der Waals surface area contributed by atoms with Gasteiger partial charge in [-0.2, -0.15) is 0 Å². The van der Waals surface area contributed by atoms with Gasteiger partial charge in [-0.25, -0.2) is 14.3 Å². The maximum atomic E-state index is 13.8. The van der Waals surface area contributed by atoms with Gasteiger partial charge in [-0.1, -0.05) is 30.0 Å². The van der Waals surface area contributed by atoms with Crippen LogP contribution in [0.4, 0.5) is 4.39 Å². The molecule has 1 aromatic carbocycles. The molecule has 102 valence electrons. The van der Waals surface area contributed by atoms with Crippen LogP contribution >= 0.6 is 11.8 Å². The molecule has 0 bridgehead atoms. The summed E-state index contributed by atoms with van der Waals surface area (Å²) in [5.74, 6) is -0.308. The van der Waals surface area contributed by atoms with E-state index >= 15 is 0 Å². The van der Waals surface area contributed by atoms with Crippen LogP contribution in [0.15, 0.2) is 34.2 Å². The Morgan fingerprint density at radius 3 is 2.68 bits per heavy atom. The van der Waals surface area contributed by atoms with Crippen molar-refractivity contribution in [1.82, 2.24) is 14.8 Å². The quantitative estimate of drug-likeness (QED) is 0.832. The van der Waals surface area contributed by atoms with E-state index in [0.717, 1.165) is 0 Å². The van der Waals surface area contributed by atoms with E-state index < -0.39 is 0 Å². The van der Waals surface area contributed by atoms with Gasteiger partial charge in [0.2, 0.25) is 0 Å². The third-order valence-electron chi connectivity index (χ3n) is 2.76. The first-order valence-electron chi connectivity index (χ1n) is 5.78. The van der Waals surface area contributed by atoms with E-state index in [4.69, 9.17) is 5.73 Å². The predicted molar refractivity (Wildman–Crippen MR) is 72.5 cm³/mol. The lowest BCUT2D eigenvalue weighted by atomic mass is 10.1. The molecule has 2 atom stereocenters. The van der Waals surface area contributed by atoms with Crippen molar-refractivity contribution in [3.63, 3.8) is 0 Å². The van der Waals surface area contributed by atoms with E-state index in [1.165, 1.54) is 22.4 Å². The average molecular weight is 282 g/mol. The highest BCUT2D eigenvalue weighted by atomic mass is 32.2. The van der Waals surface area contributed by atoms with Gasteiger partial charge in [-0.15, -0.1) is 5.10 Å². The lowest BCUT2D eigenvalue weighted by Crippen LogP contribution is -2.24. The molecule has 0 aliphatic heterocycles. The summed E-state index contributed by atoms with van der Waals surface area (Å²) in [5.41, 5.74) is 6.14. The molecule has 0 aliphatic carbocycles. The highest BCUT2D eigenvalue weighted by Crippen LogP contribution is 2.36. The number of nitrogens with two attached hydrogens (primary N) is 1. The van der Waals surface area contributed by atoms with Crippen LogP contribution in [0, 0.1) is 5.82 Å². The normalized spacial score (nSPS) is 14.3. The number of aromatic amines is 1. The van der Waals surface area contributed by atoms with Gasteiger partial charge < -0.3 is 5.73 Å². The van der Waals surface area contributed by atoms with E-state index in [1.807, 2.05) is 0 Å². The second-order valence-corrected chi connectivity index (χ2v) is 5.40. The molecule has 0 amide bonds. The van der Waals surface area contributed by atoms with Crippen LogP contribution in [0.3, 0.4) is 0 Å². The number of rotatable bonds is 4. The van der Waals surface area contributed by atoms with E-state index in [-0.39, 0.29) is 22.8 Å². The lowest BCUT2D eigenvalue weighted by molar-refractivity contribution is 0.591. The first-order chi connectivity index (χ1) is 9.00. The summed E-state index contributed by atoms with van der Waals surface area (Å²) in [6, 6.07) is 6.20. The van der Waals surface area contributed by atoms with Crippen molar-refractivity contribution in [2.45, 2.75) is 23.4 Å². The van der Waals surface area contributed by atoms with Crippen molar-refractivity contribution in [1.29, 1.82) is 0 Å². The fourth-order valence-electron chi connectivity index (χ4n) is 1.71. The predicted octanol–water partition coefficient (Wildman–Crippen LogP) is 1.43. The summed E-state index contributed by atoms with van der Waals surface area (Å²) in [6.45, 7) is 1.80. The highest BCUT2D eigenvalue weighted by molar-refractivity contribution is 7.99. The zero-order valence-corrected chi connectivity index (χ0v) is 11.4. The topological polar surface area (TPSA) is 76.7 Å². The maximum Gasteiger partial charge on any atom is 0.343 e. The molecule has 0 saturated heterocycles. The van der Waals surface area contributed by atoms with Crippen LogP contribution in [0.5, 0.6) is 0 Å². The summed E-state index contributed by atoms with van der Waals surface area (Å²) in [7, 11) is 1.60. The Labute approximate surface area is 114 Å². The van der Waals surface area contributed by atoms with Crippen LogP contribution in [0.25, 0.3) is 0 Å². The molecule has 0 fully saturated rings. The molecule has 0 spiro atoms. The van der Waals surface area contributed by atoms with E-state index in [0.29, 0.717) is 10.7 Å². The van der Waals surface area contributed by atoms with Gasteiger partial charge in [0, 0.05) is 18.7 Å². The van der Waals surface area contributed by atoms with Crippen LogP contribution in [-0.4, -0.2) is 20.8 Å².